The molecule has 3 heteroatoms. The summed E-state index contributed by atoms with van der Waals surface area (Å²) in [5.74, 6) is -0.614. The molecule has 2 rings (SSSR count). The molecule has 20 heavy (non-hydrogen) atoms. The van der Waals surface area contributed by atoms with Gasteiger partial charge in [0.25, 0.3) is 0 Å². The van der Waals surface area contributed by atoms with E-state index in [1.807, 2.05) is 25.1 Å². The first-order valence-electron chi connectivity index (χ1n) is 7.60. The molecule has 0 amide bonds. The van der Waals surface area contributed by atoms with Crippen molar-refractivity contribution in [3.63, 3.8) is 0 Å². The van der Waals surface area contributed by atoms with Crippen LogP contribution in [0.5, 0.6) is 0 Å². The van der Waals surface area contributed by atoms with Crippen molar-refractivity contribution in [2.24, 2.45) is 0 Å². The highest BCUT2D eigenvalue weighted by Crippen LogP contribution is 2.39. The van der Waals surface area contributed by atoms with E-state index in [1.165, 1.54) is 12.0 Å². The Morgan fingerprint density at radius 2 is 1.90 bits per heavy atom. The number of unbranched alkanes of at least 4 members (excludes halogenated alkanes) is 1. The van der Waals surface area contributed by atoms with Crippen LogP contribution in [0.2, 0.25) is 0 Å². The fraction of sp³-hybridized carbons (Fsp3) is 0.647. The zero-order valence-corrected chi connectivity index (χ0v) is 12.9. The molecule has 0 N–H and O–H groups in total. The molecule has 2 unspecified atom stereocenters. The second-order valence-corrected chi connectivity index (χ2v) is 6.11. The summed E-state index contributed by atoms with van der Waals surface area (Å²) < 4.78 is 5.92. The number of hydrogen-bond acceptors (Lipinski definition) is 3. The fourth-order valence-corrected chi connectivity index (χ4v) is 2.71. The van der Waals surface area contributed by atoms with Crippen LogP contribution < -0.4 is 0 Å². The maximum Gasteiger partial charge on any atom is 0.201 e. The summed E-state index contributed by atoms with van der Waals surface area (Å²) >= 11 is 0. The molecular formula is C17H26O3. The Kier molecular flexibility index (Phi) is 5.19. The van der Waals surface area contributed by atoms with Gasteiger partial charge in [0.05, 0.1) is 6.61 Å². The van der Waals surface area contributed by atoms with E-state index in [0.29, 0.717) is 6.61 Å². The second kappa shape index (κ2) is 6.70. The first-order valence-corrected chi connectivity index (χ1v) is 7.60. The average molecular weight is 278 g/mol. The quantitative estimate of drug-likeness (QED) is 0.697. The van der Waals surface area contributed by atoms with Gasteiger partial charge in [0.2, 0.25) is 5.79 Å². The van der Waals surface area contributed by atoms with Gasteiger partial charge in [-0.25, -0.2) is 9.78 Å². The van der Waals surface area contributed by atoms with Crippen LogP contribution in [0.1, 0.15) is 52.0 Å². The molecule has 0 bridgehead atoms. The van der Waals surface area contributed by atoms with Crippen LogP contribution in [0.15, 0.2) is 30.3 Å². The van der Waals surface area contributed by atoms with E-state index in [9.17, 15) is 0 Å². The van der Waals surface area contributed by atoms with Gasteiger partial charge in [0, 0.05) is 6.42 Å². The van der Waals surface area contributed by atoms with Gasteiger partial charge in [-0.1, -0.05) is 50.1 Å². The van der Waals surface area contributed by atoms with Crippen molar-refractivity contribution in [2.45, 2.75) is 64.3 Å². The predicted octanol–water partition coefficient (Wildman–Crippen LogP) is 4.26. The van der Waals surface area contributed by atoms with Crippen molar-refractivity contribution in [3.8, 4) is 0 Å². The minimum atomic E-state index is -0.614. The third-order valence-electron chi connectivity index (χ3n) is 3.81. The third-order valence-corrected chi connectivity index (χ3v) is 3.81. The molecule has 1 aromatic rings. The average Bonchev–Trinajstić information content (AvgIpc) is 2.74. The Morgan fingerprint density at radius 3 is 2.60 bits per heavy atom. The Balaban J connectivity index is 1.78. The molecule has 112 valence electrons. The smallest absolute Gasteiger partial charge is 0.201 e. The standard InChI is InChI=1S/C17H26O3/c1-4-5-12-16(2)14-17(3,20-19-16)18-13-11-15-9-7-6-8-10-15/h6-10H,4-5,11-14H2,1-3H3. The lowest BCUT2D eigenvalue weighted by Gasteiger charge is -2.23. The lowest BCUT2D eigenvalue weighted by Crippen LogP contribution is -2.31. The molecular weight excluding hydrogens is 252 g/mol. The number of ether oxygens (including phenoxy) is 1. The minimum absolute atomic E-state index is 0.211. The molecule has 1 aliphatic heterocycles. The highest BCUT2D eigenvalue weighted by atomic mass is 17.2. The fourth-order valence-electron chi connectivity index (χ4n) is 2.71. The lowest BCUT2D eigenvalue weighted by atomic mass is 9.92. The minimum Gasteiger partial charge on any atom is -0.347 e. The van der Waals surface area contributed by atoms with Crippen LogP contribution in [0.25, 0.3) is 0 Å². The Bertz CT molecular complexity index is 406. The van der Waals surface area contributed by atoms with Crippen molar-refractivity contribution < 1.29 is 14.5 Å². The summed E-state index contributed by atoms with van der Waals surface area (Å²) in [6, 6.07) is 10.4. The van der Waals surface area contributed by atoms with Gasteiger partial charge in [0.1, 0.15) is 5.60 Å². The first kappa shape index (κ1) is 15.5. The molecule has 1 saturated heterocycles. The van der Waals surface area contributed by atoms with Crippen LogP contribution in [0, 0.1) is 0 Å². The van der Waals surface area contributed by atoms with Crippen LogP contribution in [-0.2, 0) is 20.9 Å². The van der Waals surface area contributed by atoms with Crippen LogP contribution in [0.4, 0.5) is 0 Å². The first-order chi connectivity index (χ1) is 9.55. The zero-order chi connectivity index (χ0) is 14.5. The van der Waals surface area contributed by atoms with Crippen LogP contribution in [-0.4, -0.2) is 18.0 Å². The topological polar surface area (TPSA) is 27.7 Å². The maximum atomic E-state index is 5.92. The van der Waals surface area contributed by atoms with E-state index >= 15 is 0 Å². The normalized spacial score (nSPS) is 29.8. The molecule has 0 aromatic heterocycles. The van der Waals surface area contributed by atoms with Crippen molar-refractivity contribution in [2.75, 3.05) is 6.61 Å². The largest absolute Gasteiger partial charge is 0.347 e. The summed E-state index contributed by atoms with van der Waals surface area (Å²) in [5.41, 5.74) is 1.07. The molecule has 0 aliphatic carbocycles. The van der Waals surface area contributed by atoms with E-state index < -0.39 is 5.79 Å². The zero-order valence-electron chi connectivity index (χ0n) is 12.9. The summed E-state index contributed by atoms with van der Waals surface area (Å²) in [6.07, 6.45) is 5.02. The molecule has 1 heterocycles. The summed E-state index contributed by atoms with van der Waals surface area (Å²) in [6.45, 7) is 6.91. The Labute approximate surface area is 122 Å². The van der Waals surface area contributed by atoms with Gasteiger partial charge in [-0.05, 0) is 32.3 Å². The van der Waals surface area contributed by atoms with Gasteiger partial charge in [0.15, 0.2) is 0 Å². The van der Waals surface area contributed by atoms with E-state index in [-0.39, 0.29) is 5.60 Å². The van der Waals surface area contributed by atoms with Crippen molar-refractivity contribution in [1.82, 2.24) is 0 Å². The van der Waals surface area contributed by atoms with E-state index in [2.05, 4.69) is 26.0 Å². The van der Waals surface area contributed by atoms with Gasteiger partial charge in [-0.3, -0.25) is 0 Å². The lowest BCUT2D eigenvalue weighted by molar-refractivity contribution is -0.395. The van der Waals surface area contributed by atoms with E-state index in [4.69, 9.17) is 14.5 Å². The maximum absolute atomic E-state index is 5.92. The SMILES string of the molecule is CCCCC1(C)CC(C)(OCCc2ccccc2)OO1. The third kappa shape index (κ3) is 4.30. The van der Waals surface area contributed by atoms with Gasteiger partial charge in [-0.2, -0.15) is 0 Å². The van der Waals surface area contributed by atoms with Gasteiger partial charge >= 0.3 is 0 Å². The molecule has 3 nitrogen and oxygen atoms in total. The van der Waals surface area contributed by atoms with E-state index in [1.54, 1.807) is 0 Å². The monoisotopic (exact) mass is 278 g/mol. The van der Waals surface area contributed by atoms with Crippen molar-refractivity contribution >= 4 is 0 Å². The molecule has 0 radical (unpaired) electrons. The van der Waals surface area contributed by atoms with Crippen LogP contribution >= 0.6 is 0 Å². The summed E-state index contributed by atoms with van der Waals surface area (Å²) in [7, 11) is 0. The number of benzene rings is 1. The van der Waals surface area contributed by atoms with Crippen molar-refractivity contribution in [3.05, 3.63) is 35.9 Å². The van der Waals surface area contributed by atoms with Crippen molar-refractivity contribution in [1.29, 1.82) is 0 Å². The van der Waals surface area contributed by atoms with Gasteiger partial charge < -0.3 is 4.74 Å². The molecule has 1 fully saturated rings. The van der Waals surface area contributed by atoms with E-state index in [0.717, 1.165) is 25.7 Å². The summed E-state index contributed by atoms with van der Waals surface area (Å²) in [5, 5.41) is 0. The van der Waals surface area contributed by atoms with Gasteiger partial charge in [-0.15, -0.1) is 0 Å². The Morgan fingerprint density at radius 1 is 1.15 bits per heavy atom. The van der Waals surface area contributed by atoms with Crippen LogP contribution in [0.3, 0.4) is 0 Å². The summed E-state index contributed by atoms with van der Waals surface area (Å²) in [4.78, 5) is 11.0. The second-order valence-electron chi connectivity index (χ2n) is 6.11. The molecule has 1 aromatic carbocycles. The highest BCUT2D eigenvalue weighted by molar-refractivity contribution is 5.14. The Hall–Kier alpha value is -0.900. The number of hydrogen-bond donors (Lipinski definition) is 0. The molecule has 0 spiro atoms. The molecule has 0 saturated carbocycles. The number of rotatable bonds is 7. The molecule has 2 atom stereocenters. The highest BCUT2D eigenvalue weighted by Gasteiger charge is 2.46. The predicted molar refractivity (Wildman–Crippen MR) is 79.2 cm³/mol. The molecule has 1 aliphatic rings.